The van der Waals surface area contributed by atoms with Crippen LogP contribution in [0.25, 0.3) is 0 Å². The lowest BCUT2D eigenvalue weighted by molar-refractivity contribution is -0.129. The Morgan fingerprint density at radius 1 is 1.00 bits per heavy atom. The molecule has 1 heterocycles. The van der Waals surface area contributed by atoms with E-state index in [9.17, 15) is 14.4 Å². The molecule has 0 aromatic heterocycles. The molecule has 0 atom stereocenters. The van der Waals surface area contributed by atoms with Crippen molar-refractivity contribution in [2.45, 2.75) is 31.7 Å². The van der Waals surface area contributed by atoms with Crippen LogP contribution in [0.15, 0.2) is 30.3 Å². The van der Waals surface area contributed by atoms with Crippen molar-refractivity contribution < 1.29 is 14.4 Å². The lowest BCUT2D eigenvalue weighted by Gasteiger charge is -2.31. The number of nitrogens with zero attached hydrogens (tertiary/aromatic N) is 1. The number of piperidine rings is 1. The lowest BCUT2D eigenvalue weighted by Crippen LogP contribution is -2.45. The first-order valence-electron chi connectivity index (χ1n) is 8.55. The molecule has 1 aromatic carbocycles. The number of rotatable bonds is 5. The zero-order valence-electron chi connectivity index (χ0n) is 13.7. The minimum absolute atomic E-state index is 0.0123. The molecule has 3 rings (SSSR count). The Kier molecular flexibility index (Phi) is 5.13. The van der Waals surface area contributed by atoms with Crippen molar-refractivity contribution in [3.8, 4) is 0 Å². The molecular weight excluding hydrogens is 306 g/mol. The van der Waals surface area contributed by atoms with Crippen LogP contribution < -0.4 is 10.6 Å². The Balaban J connectivity index is 1.41. The van der Waals surface area contributed by atoms with E-state index in [2.05, 4.69) is 10.6 Å². The Hall–Kier alpha value is -2.37. The third kappa shape index (κ3) is 4.34. The van der Waals surface area contributed by atoms with E-state index in [1.165, 1.54) is 0 Å². The summed E-state index contributed by atoms with van der Waals surface area (Å²) in [7, 11) is 0. The summed E-state index contributed by atoms with van der Waals surface area (Å²) in [6, 6.07) is 9.49. The first-order valence-corrected chi connectivity index (χ1v) is 8.55. The summed E-state index contributed by atoms with van der Waals surface area (Å²) in [5.41, 5.74) is 0.678. The quantitative estimate of drug-likeness (QED) is 0.844. The molecule has 6 heteroatoms. The minimum Gasteiger partial charge on any atom is -0.352 e. The van der Waals surface area contributed by atoms with Crippen molar-refractivity contribution in [2.24, 2.45) is 5.92 Å². The predicted molar refractivity (Wildman–Crippen MR) is 89.2 cm³/mol. The molecule has 2 fully saturated rings. The second-order valence-electron chi connectivity index (χ2n) is 6.49. The van der Waals surface area contributed by atoms with E-state index in [-0.39, 0.29) is 30.2 Å². The molecule has 0 bridgehead atoms. The van der Waals surface area contributed by atoms with Crippen molar-refractivity contribution in [2.75, 3.05) is 19.6 Å². The molecule has 0 unspecified atom stereocenters. The molecular formula is C18H23N3O3. The van der Waals surface area contributed by atoms with Crippen LogP contribution >= 0.6 is 0 Å². The van der Waals surface area contributed by atoms with Crippen molar-refractivity contribution in [1.29, 1.82) is 0 Å². The molecule has 1 aliphatic heterocycles. The Labute approximate surface area is 141 Å². The van der Waals surface area contributed by atoms with E-state index < -0.39 is 0 Å². The zero-order valence-corrected chi connectivity index (χ0v) is 13.7. The fraction of sp³-hybridized carbons (Fsp3) is 0.500. The third-order valence-electron chi connectivity index (χ3n) is 4.54. The third-order valence-corrected chi connectivity index (χ3v) is 4.54. The fourth-order valence-electron chi connectivity index (χ4n) is 2.93. The molecule has 2 aliphatic rings. The summed E-state index contributed by atoms with van der Waals surface area (Å²) in [5.74, 6) is -0.327. The van der Waals surface area contributed by atoms with Crippen LogP contribution in [0.2, 0.25) is 0 Å². The molecule has 1 saturated heterocycles. The maximum Gasteiger partial charge on any atom is 0.253 e. The van der Waals surface area contributed by atoms with Crippen LogP contribution in [0.1, 0.15) is 36.0 Å². The predicted octanol–water partition coefficient (Wildman–Crippen LogP) is 0.934. The summed E-state index contributed by atoms with van der Waals surface area (Å²) in [4.78, 5) is 37.9. The summed E-state index contributed by atoms with van der Waals surface area (Å²) >= 11 is 0. The van der Waals surface area contributed by atoms with Gasteiger partial charge in [-0.15, -0.1) is 0 Å². The van der Waals surface area contributed by atoms with Gasteiger partial charge in [-0.3, -0.25) is 14.4 Å². The second-order valence-corrected chi connectivity index (χ2v) is 6.49. The second kappa shape index (κ2) is 7.47. The van der Waals surface area contributed by atoms with Crippen molar-refractivity contribution >= 4 is 17.7 Å². The molecule has 6 nitrogen and oxygen atoms in total. The number of likely N-dealkylation sites (tertiary alicyclic amines) is 1. The van der Waals surface area contributed by atoms with Gasteiger partial charge in [0.15, 0.2) is 0 Å². The lowest BCUT2D eigenvalue weighted by atomic mass is 9.95. The highest BCUT2D eigenvalue weighted by Crippen LogP contribution is 2.20. The fourth-order valence-corrected chi connectivity index (χ4v) is 2.93. The van der Waals surface area contributed by atoms with E-state index >= 15 is 0 Å². The van der Waals surface area contributed by atoms with Crippen LogP contribution in [0.5, 0.6) is 0 Å². The van der Waals surface area contributed by atoms with Gasteiger partial charge in [-0.2, -0.15) is 0 Å². The Bertz CT molecular complexity index is 605. The van der Waals surface area contributed by atoms with Gasteiger partial charge in [-0.25, -0.2) is 0 Å². The van der Waals surface area contributed by atoms with Gasteiger partial charge in [0.1, 0.15) is 0 Å². The molecule has 1 aliphatic carbocycles. The van der Waals surface area contributed by atoms with Crippen LogP contribution in [0, 0.1) is 5.92 Å². The highest BCUT2D eigenvalue weighted by Gasteiger charge is 2.28. The van der Waals surface area contributed by atoms with E-state index in [0.29, 0.717) is 37.5 Å². The molecule has 0 radical (unpaired) electrons. The maximum absolute atomic E-state index is 12.4. The molecule has 0 spiro atoms. The van der Waals surface area contributed by atoms with Crippen molar-refractivity contribution in [1.82, 2.24) is 15.5 Å². The van der Waals surface area contributed by atoms with E-state index in [1.807, 2.05) is 18.2 Å². The van der Waals surface area contributed by atoms with Gasteiger partial charge in [0, 0.05) is 30.6 Å². The number of carbonyl (C=O) groups excluding carboxylic acids is 3. The van der Waals surface area contributed by atoms with Gasteiger partial charge >= 0.3 is 0 Å². The number of hydrogen-bond donors (Lipinski definition) is 2. The van der Waals surface area contributed by atoms with E-state index in [4.69, 9.17) is 0 Å². The maximum atomic E-state index is 12.4. The van der Waals surface area contributed by atoms with Crippen LogP contribution in [-0.2, 0) is 9.59 Å². The summed E-state index contributed by atoms with van der Waals surface area (Å²) in [5, 5.41) is 5.55. The molecule has 3 amide bonds. The standard InChI is InChI=1S/C18H23N3O3/c22-16(20-15-6-7-15)12-19-17(23)13-8-10-21(11-9-13)18(24)14-4-2-1-3-5-14/h1-5,13,15H,6-12H2,(H,19,23)(H,20,22). The average Bonchev–Trinajstić information content (AvgIpc) is 3.44. The summed E-state index contributed by atoms with van der Waals surface area (Å²) < 4.78 is 0. The highest BCUT2D eigenvalue weighted by atomic mass is 16.2. The molecule has 1 saturated carbocycles. The molecule has 24 heavy (non-hydrogen) atoms. The van der Waals surface area contributed by atoms with Gasteiger partial charge in [-0.05, 0) is 37.8 Å². The van der Waals surface area contributed by atoms with Crippen molar-refractivity contribution in [3.63, 3.8) is 0 Å². The number of carbonyl (C=O) groups is 3. The number of amides is 3. The van der Waals surface area contributed by atoms with Gasteiger partial charge in [-0.1, -0.05) is 18.2 Å². The van der Waals surface area contributed by atoms with Crippen LogP contribution in [-0.4, -0.2) is 48.3 Å². The first-order chi connectivity index (χ1) is 11.6. The van der Waals surface area contributed by atoms with Crippen LogP contribution in [0.4, 0.5) is 0 Å². The summed E-state index contributed by atoms with van der Waals surface area (Å²) in [6.45, 7) is 1.18. The number of nitrogens with one attached hydrogen (secondary N) is 2. The number of benzene rings is 1. The molecule has 1 aromatic rings. The first kappa shape index (κ1) is 16.5. The van der Waals surface area contributed by atoms with E-state index in [0.717, 1.165) is 12.8 Å². The van der Waals surface area contributed by atoms with Crippen LogP contribution in [0.3, 0.4) is 0 Å². The van der Waals surface area contributed by atoms with E-state index in [1.54, 1.807) is 17.0 Å². The normalized spacial score (nSPS) is 18.1. The average molecular weight is 329 g/mol. The number of hydrogen-bond acceptors (Lipinski definition) is 3. The minimum atomic E-state index is -0.126. The van der Waals surface area contributed by atoms with Gasteiger partial charge in [0.2, 0.25) is 11.8 Å². The molecule has 128 valence electrons. The largest absolute Gasteiger partial charge is 0.352 e. The summed E-state index contributed by atoms with van der Waals surface area (Å²) in [6.07, 6.45) is 3.34. The van der Waals surface area contributed by atoms with Gasteiger partial charge in [0.05, 0.1) is 6.54 Å². The topological polar surface area (TPSA) is 78.5 Å². The Morgan fingerprint density at radius 2 is 1.67 bits per heavy atom. The van der Waals surface area contributed by atoms with Crippen molar-refractivity contribution in [3.05, 3.63) is 35.9 Å². The van der Waals surface area contributed by atoms with Gasteiger partial charge in [0.25, 0.3) is 5.91 Å². The molecule has 2 N–H and O–H groups in total. The SMILES string of the molecule is O=C(CNC(=O)C1CCN(C(=O)c2ccccc2)CC1)NC1CC1. The highest BCUT2D eigenvalue weighted by molar-refractivity contribution is 5.94. The smallest absolute Gasteiger partial charge is 0.253 e. The monoisotopic (exact) mass is 329 g/mol. The zero-order chi connectivity index (χ0) is 16.9. The van der Waals surface area contributed by atoms with Gasteiger partial charge < -0.3 is 15.5 Å². The Morgan fingerprint density at radius 3 is 2.29 bits per heavy atom.